The number of aromatic nitrogens is 1. The maximum atomic E-state index is 12.7. The number of carbonyl (C=O) groups is 2. The van der Waals surface area contributed by atoms with E-state index >= 15 is 0 Å². The molecular weight excluding hydrogens is 330 g/mol. The summed E-state index contributed by atoms with van der Waals surface area (Å²) < 4.78 is 0. The highest BCUT2D eigenvalue weighted by Crippen LogP contribution is 2.29. The molecule has 5 nitrogen and oxygen atoms in total. The van der Waals surface area contributed by atoms with E-state index in [4.69, 9.17) is 0 Å². The third kappa shape index (κ3) is 4.26. The lowest BCUT2D eigenvalue weighted by molar-refractivity contribution is -0.141. The summed E-state index contributed by atoms with van der Waals surface area (Å²) in [6.45, 7) is 0.579. The zero-order valence-electron chi connectivity index (χ0n) is 13.2. The van der Waals surface area contributed by atoms with Gasteiger partial charge in [-0.15, -0.1) is 23.1 Å². The highest BCUT2D eigenvalue weighted by molar-refractivity contribution is 7.99. The Labute approximate surface area is 145 Å². The Morgan fingerprint density at radius 3 is 2.87 bits per heavy atom. The van der Waals surface area contributed by atoms with E-state index in [-0.39, 0.29) is 23.8 Å². The Bertz CT molecular complexity index is 529. The highest BCUT2D eigenvalue weighted by Gasteiger charge is 2.37. The fourth-order valence-electron chi connectivity index (χ4n) is 3.25. The average molecular weight is 354 g/mol. The van der Waals surface area contributed by atoms with E-state index in [2.05, 4.69) is 10.3 Å². The van der Waals surface area contributed by atoms with E-state index in [9.17, 15) is 9.59 Å². The van der Waals surface area contributed by atoms with Crippen LogP contribution in [0.4, 0.5) is 0 Å². The lowest BCUT2D eigenvalue weighted by Gasteiger charge is -2.29. The molecule has 1 atom stereocenters. The van der Waals surface area contributed by atoms with Crippen molar-refractivity contribution < 1.29 is 9.59 Å². The molecule has 2 heterocycles. The van der Waals surface area contributed by atoms with E-state index < -0.39 is 0 Å². The number of nitrogens with one attached hydrogen (secondary N) is 1. The van der Waals surface area contributed by atoms with Crippen LogP contribution in [0.25, 0.3) is 0 Å². The van der Waals surface area contributed by atoms with Gasteiger partial charge in [-0.3, -0.25) is 9.59 Å². The molecule has 1 saturated heterocycles. The maximum Gasteiger partial charge on any atom is 0.243 e. The van der Waals surface area contributed by atoms with Gasteiger partial charge in [0.1, 0.15) is 6.04 Å². The molecule has 1 N–H and O–H groups in total. The summed E-state index contributed by atoms with van der Waals surface area (Å²) >= 11 is 3.24. The van der Waals surface area contributed by atoms with Crippen LogP contribution >= 0.6 is 23.1 Å². The van der Waals surface area contributed by atoms with E-state index in [0.29, 0.717) is 18.2 Å². The number of amides is 2. The van der Waals surface area contributed by atoms with E-state index in [1.165, 1.54) is 6.42 Å². The first-order chi connectivity index (χ1) is 11.3. The van der Waals surface area contributed by atoms with Crippen LogP contribution < -0.4 is 5.32 Å². The summed E-state index contributed by atoms with van der Waals surface area (Å²) in [4.78, 5) is 31.2. The molecule has 1 saturated carbocycles. The van der Waals surface area contributed by atoms with Crippen LogP contribution in [-0.2, 0) is 16.0 Å². The van der Waals surface area contributed by atoms with Crippen molar-refractivity contribution in [2.24, 2.45) is 5.92 Å². The van der Waals surface area contributed by atoms with E-state index in [1.54, 1.807) is 33.5 Å². The summed E-state index contributed by atoms with van der Waals surface area (Å²) in [6, 6.07) is -0.301. The zero-order chi connectivity index (χ0) is 16.1. The lowest BCUT2D eigenvalue weighted by Crippen LogP contribution is -2.49. The number of carbonyl (C=O) groups excluding carboxylic acids is 2. The molecule has 2 fully saturated rings. The molecule has 126 valence electrons. The molecule has 0 radical (unpaired) electrons. The van der Waals surface area contributed by atoms with Gasteiger partial charge in [-0.1, -0.05) is 19.3 Å². The van der Waals surface area contributed by atoms with Crippen molar-refractivity contribution in [2.45, 2.75) is 44.6 Å². The summed E-state index contributed by atoms with van der Waals surface area (Å²) in [5.74, 6) is 1.66. The van der Waals surface area contributed by atoms with E-state index in [0.717, 1.165) is 37.8 Å². The van der Waals surface area contributed by atoms with Crippen molar-refractivity contribution in [1.82, 2.24) is 15.2 Å². The lowest BCUT2D eigenvalue weighted by atomic mass is 9.88. The number of thioether (sulfide) groups is 1. The largest absolute Gasteiger partial charge is 0.354 e. The second-order valence-corrected chi connectivity index (χ2v) is 7.90. The molecular formula is C16H23N3O2S2. The van der Waals surface area contributed by atoms with Gasteiger partial charge < -0.3 is 10.2 Å². The maximum absolute atomic E-state index is 12.7. The monoisotopic (exact) mass is 353 g/mol. The number of hydrogen-bond acceptors (Lipinski definition) is 5. The number of thiazole rings is 1. The normalized spacial score (nSPS) is 22.3. The van der Waals surface area contributed by atoms with E-state index in [1.807, 2.05) is 5.38 Å². The summed E-state index contributed by atoms with van der Waals surface area (Å²) in [6.07, 6.45) is 6.23. The minimum atomic E-state index is -0.301. The minimum Gasteiger partial charge on any atom is -0.354 e. The van der Waals surface area contributed by atoms with Crippen molar-refractivity contribution in [3.63, 3.8) is 0 Å². The van der Waals surface area contributed by atoms with Crippen molar-refractivity contribution in [2.75, 3.05) is 18.2 Å². The first kappa shape index (κ1) is 16.8. The van der Waals surface area contributed by atoms with Crippen LogP contribution in [0.15, 0.2) is 10.9 Å². The molecule has 0 aromatic carbocycles. The molecule has 2 amide bonds. The Morgan fingerprint density at radius 2 is 2.13 bits per heavy atom. The molecule has 1 aromatic rings. The molecule has 0 bridgehead atoms. The molecule has 1 aliphatic carbocycles. The second-order valence-electron chi connectivity index (χ2n) is 6.18. The summed E-state index contributed by atoms with van der Waals surface area (Å²) in [7, 11) is 0. The minimum absolute atomic E-state index is 0.0191. The van der Waals surface area contributed by atoms with Gasteiger partial charge >= 0.3 is 0 Å². The second kappa shape index (κ2) is 8.15. The molecule has 0 spiro atoms. The first-order valence-corrected chi connectivity index (χ1v) is 10.4. The van der Waals surface area contributed by atoms with Gasteiger partial charge in [-0.25, -0.2) is 4.98 Å². The smallest absolute Gasteiger partial charge is 0.243 e. The Balaban J connectivity index is 1.50. The fraction of sp³-hybridized carbons (Fsp3) is 0.688. The number of nitrogens with zero attached hydrogens (tertiary/aromatic N) is 2. The van der Waals surface area contributed by atoms with Gasteiger partial charge in [0, 0.05) is 30.0 Å². The van der Waals surface area contributed by atoms with Crippen LogP contribution in [-0.4, -0.2) is 45.9 Å². The predicted molar refractivity (Wildman–Crippen MR) is 93.4 cm³/mol. The molecule has 1 aliphatic heterocycles. The molecule has 1 aromatic heterocycles. The van der Waals surface area contributed by atoms with Crippen LogP contribution in [0, 0.1) is 5.92 Å². The first-order valence-electron chi connectivity index (χ1n) is 8.28. The summed E-state index contributed by atoms with van der Waals surface area (Å²) in [5.41, 5.74) is 2.81. The number of hydrogen-bond donors (Lipinski definition) is 1. The van der Waals surface area contributed by atoms with Gasteiger partial charge in [-0.2, -0.15) is 0 Å². The molecule has 2 aliphatic rings. The van der Waals surface area contributed by atoms with Crippen LogP contribution in [0.5, 0.6) is 0 Å². The SMILES string of the molecule is O=C(NCCc1cscn1)[C@H]1CSCN1C(=O)C1CCCCC1. The molecule has 3 rings (SSSR count). The topological polar surface area (TPSA) is 62.3 Å². The standard InChI is InChI=1S/C16H23N3O2S2/c20-15(17-7-6-13-8-22-10-18-13)14-9-23-11-19(14)16(21)12-4-2-1-3-5-12/h8,10,12,14H,1-7,9,11H2,(H,17,20)/t14-/m1/s1. The van der Waals surface area contributed by atoms with Crippen LogP contribution in [0.1, 0.15) is 37.8 Å². The van der Waals surface area contributed by atoms with Gasteiger partial charge in [0.05, 0.1) is 17.1 Å². The van der Waals surface area contributed by atoms with Gasteiger partial charge in [-0.05, 0) is 12.8 Å². The van der Waals surface area contributed by atoms with Gasteiger partial charge in [0.2, 0.25) is 11.8 Å². The highest BCUT2D eigenvalue weighted by atomic mass is 32.2. The molecule has 7 heteroatoms. The van der Waals surface area contributed by atoms with Crippen molar-refractivity contribution in [3.8, 4) is 0 Å². The van der Waals surface area contributed by atoms with Crippen molar-refractivity contribution >= 4 is 34.9 Å². The molecule has 23 heavy (non-hydrogen) atoms. The third-order valence-electron chi connectivity index (χ3n) is 4.59. The average Bonchev–Trinajstić information content (AvgIpc) is 3.26. The van der Waals surface area contributed by atoms with Gasteiger partial charge in [0.25, 0.3) is 0 Å². The third-order valence-corrected chi connectivity index (χ3v) is 6.23. The van der Waals surface area contributed by atoms with Crippen LogP contribution in [0.3, 0.4) is 0 Å². The van der Waals surface area contributed by atoms with Crippen molar-refractivity contribution in [3.05, 3.63) is 16.6 Å². The van der Waals surface area contributed by atoms with Gasteiger partial charge in [0.15, 0.2) is 0 Å². The predicted octanol–water partition coefficient (Wildman–Crippen LogP) is 2.28. The number of rotatable bonds is 5. The summed E-state index contributed by atoms with van der Waals surface area (Å²) in [5, 5.41) is 4.97. The zero-order valence-corrected chi connectivity index (χ0v) is 14.8. The Morgan fingerprint density at radius 1 is 1.30 bits per heavy atom. The Kier molecular flexibility index (Phi) is 5.94. The Hall–Kier alpha value is -1.08. The van der Waals surface area contributed by atoms with Crippen molar-refractivity contribution in [1.29, 1.82) is 0 Å². The fourth-order valence-corrected chi connectivity index (χ4v) is 5.01. The quantitative estimate of drug-likeness (QED) is 0.882. The molecule has 0 unspecified atom stereocenters. The van der Waals surface area contributed by atoms with Crippen LogP contribution in [0.2, 0.25) is 0 Å².